The summed E-state index contributed by atoms with van der Waals surface area (Å²) in [5.41, 5.74) is 17.4. The van der Waals surface area contributed by atoms with Gasteiger partial charge in [-0.25, -0.2) is 0 Å². The quantitative estimate of drug-likeness (QED) is 0.877. The Bertz CT molecular complexity index is 473. The molecule has 1 aliphatic carbocycles. The predicted molar refractivity (Wildman–Crippen MR) is 79.5 cm³/mol. The van der Waals surface area contributed by atoms with Crippen LogP contribution in [0.5, 0.6) is 5.75 Å². The molecule has 1 saturated carbocycles. The van der Waals surface area contributed by atoms with Crippen LogP contribution in [-0.4, -0.2) is 13.7 Å². The molecule has 1 atom stereocenters. The van der Waals surface area contributed by atoms with Crippen molar-refractivity contribution in [1.82, 2.24) is 0 Å². The Morgan fingerprint density at radius 3 is 2.32 bits per heavy atom. The van der Waals surface area contributed by atoms with Gasteiger partial charge in [-0.05, 0) is 56.8 Å². The summed E-state index contributed by atoms with van der Waals surface area (Å²) in [6.45, 7) is 6.98. The Kier molecular flexibility index (Phi) is 3.88. The topological polar surface area (TPSA) is 61.3 Å². The van der Waals surface area contributed by atoms with Crippen LogP contribution in [0.4, 0.5) is 0 Å². The van der Waals surface area contributed by atoms with Gasteiger partial charge in [0.1, 0.15) is 5.75 Å². The van der Waals surface area contributed by atoms with E-state index in [1.165, 1.54) is 23.1 Å². The largest absolute Gasteiger partial charge is 0.496 e. The van der Waals surface area contributed by atoms with Gasteiger partial charge >= 0.3 is 0 Å². The molecule has 3 nitrogen and oxygen atoms in total. The lowest BCUT2D eigenvalue weighted by Gasteiger charge is -2.46. The zero-order valence-corrected chi connectivity index (χ0v) is 12.5. The fourth-order valence-electron chi connectivity index (χ4n) is 3.30. The summed E-state index contributed by atoms with van der Waals surface area (Å²) in [7, 11) is 1.73. The zero-order valence-electron chi connectivity index (χ0n) is 12.5. The van der Waals surface area contributed by atoms with Crippen LogP contribution in [0, 0.1) is 26.2 Å². The molecule has 3 heteroatoms. The second-order valence-electron chi connectivity index (χ2n) is 5.98. The van der Waals surface area contributed by atoms with Crippen LogP contribution in [0.2, 0.25) is 0 Å². The summed E-state index contributed by atoms with van der Waals surface area (Å²) in [5, 5.41) is 0. The molecule has 0 spiro atoms. The minimum Gasteiger partial charge on any atom is -0.496 e. The summed E-state index contributed by atoms with van der Waals surface area (Å²) < 4.78 is 5.65. The first-order chi connectivity index (χ1) is 8.96. The molecule has 4 N–H and O–H groups in total. The third-order valence-electron chi connectivity index (χ3n) is 4.97. The first-order valence-corrected chi connectivity index (χ1v) is 7.07. The highest BCUT2D eigenvalue weighted by molar-refractivity contribution is 5.51. The van der Waals surface area contributed by atoms with Crippen LogP contribution in [0.3, 0.4) is 0 Å². The van der Waals surface area contributed by atoms with Gasteiger partial charge in [0, 0.05) is 17.0 Å². The highest BCUT2D eigenvalue weighted by Gasteiger charge is 2.43. The zero-order chi connectivity index (χ0) is 14.2. The molecular weight excluding hydrogens is 236 g/mol. The Hall–Kier alpha value is -1.06. The Labute approximate surface area is 116 Å². The van der Waals surface area contributed by atoms with Crippen molar-refractivity contribution >= 4 is 0 Å². The van der Waals surface area contributed by atoms with Gasteiger partial charge in [-0.3, -0.25) is 0 Å². The lowest BCUT2D eigenvalue weighted by molar-refractivity contribution is 0.103. The fraction of sp³-hybridized carbons (Fsp3) is 0.625. The number of nitrogens with two attached hydrogens (primary N) is 2. The summed E-state index contributed by atoms with van der Waals surface area (Å²) in [5.74, 6) is 0.949. The minimum absolute atomic E-state index is 0.0273. The minimum atomic E-state index is -0.0273. The van der Waals surface area contributed by atoms with E-state index in [4.69, 9.17) is 16.2 Å². The monoisotopic (exact) mass is 262 g/mol. The fourth-order valence-corrected chi connectivity index (χ4v) is 3.30. The van der Waals surface area contributed by atoms with Crippen LogP contribution >= 0.6 is 0 Å². The second kappa shape index (κ2) is 5.14. The van der Waals surface area contributed by atoms with E-state index in [-0.39, 0.29) is 11.5 Å². The molecule has 0 heterocycles. The highest BCUT2D eigenvalue weighted by Crippen LogP contribution is 2.51. The van der Waals surface area contributed by atoms with Gasteiger partial charge in [-0.1, -0.05) is 12.5 Å². The van der Waals surface area contributed by atoms with Crippen LogP contribution in [0.15, 0.2) is 6.07 Å². The van der Waals surface area contributed by atoms with Crippen molar-refractivity contribution in [2.75, 3.05) is 13.7 Å². The van der Waals surface area contributed by atoms with Crippen LogP contribution < -0.4 is 16.2 Å². The molecule has 1 aromatic rings. The number of hydrogen-bond acceptors (Lipinski definition) is 3. The highest BCUT2D eigenvalue weighted by atomic mass is 16.5. The molecule has 19 heavy (non-hydrogen) atoms. The molecule has 1 unspecified atom stereocenters. The van der Waals surface area contributed by atoms with Gasteiger partial charge in [0.2, 0.25) is 0 Å². The van der Waals surface area contributed by atoms with Crippen LogP contribution in [0.25, 0.3) is 0 Å². The van der Waals surface area contributed by atoms with Crippen molar-refractivity contribution in [3.63, 3.8) is 0 Å². The average molecular weight is 262 g/mol. The molecule has 0 amide bonds. The number of aryl methyl sites for hydroxylation is 2. The van der Waals surface area contributed by atoms with Crippen LogP contribution in [0.1, 0.15) is 47.6 Å². The van der Waals surface area contributed by atoms with E-state index in [9.17, 15) is 0 Å². The smallest absolute Gasteiger partial charge is 0.127 e. The molecule has 1 fully saturated rings. The van der Waals surface area contributed by atoms with Crippen molar-refractivity contribution < 1.29 is 4.74 Å². The van der Waals surface area contributed by atoms with Crippen LogP contribution in [-0.2, 0) is 0 Å². The van der Waals surface area contributed by atoms with Crippen molar-refractivity contribution in [2.24, 2.45) is 16.9 Å². The van der Waals surface area contributed by atoms with E-state index in [1.807, 2.05) is 0 Å². The predicted octanol–water partition coefficient (Wildman–Crippen LogP) is 2.75. The second-order valence-corrected chi connectivity index (χ2v) is 5.98. The van der Waals surface area contributed by atoms with Crippen molar-refractivity contribution in [3.05, 3.63) is 28.3 Å². The number of ether oxygens (including phenoxy) is 1. The van der Waals surface area contributed by atoms with E-state index < -0.39 is 0 Å². The first kappa shape index (κ1) is 14.4. The Balaban J connectivity index is 2.52. The van der Waals surface area contributed by atoms with Gasteiger partial charge in [-0.2, -0.15) is 0 Å². The summed E-state index contributed by atoms with van der Waals surface area (Å²) >= 11 is 0. The van der Waals surface area contributed by atoms with Gasteiger partial charge in [0.15, 0.2) is 0 Å². The van der Waals surface area contributed by atoms with Gasteiger partial charge < -0.3 is 16.2 Å². The van der Waals surface area contributed by atoms with E-state index in [0.29, 0.717) is 6.54 Å². The third-order valence-corrected chi connectivity index (χ3v) is 4.97. The molecule has 1 aliphatic rings. The first-order valence-electron chi connectivity index (χ1n) is 7.07. The third kappa shape index (κ3) is 2.15. The average Bonchev–Trinajstić information content (AvgIpc) is 2.32. The molecule has 0 saturated heterocycles. The summed E-state index contributed by atoms with van der Waals surface area (Å²) in [6.07, 6.45) is 3.48. The lowest BCUT2D eigenvalue weighted by atomic mass is 9.62. The van der Waals surface area contributed by atoms with E-state index in [1.54, 1.807) is 7.11 Å². The Morgan fingerprint density at radius 1 is 1.26 bits per heavy atom. The number of hydrogen-bond donors (Lipinski definition) is 2. The lowest BCUT2D eigenvalue weighted by Crippen LogP contribution is -2.46. The normalized spacial score (nSPS) is 18.8. The maximum Gasteiger partial charge on any atom is 0.127 e. The summed E-state index contributed by atoms with van der Waals surface area (Å²) in [4.78, 5) is 0. The van der Waals surface area contributed by atoms with Crippen molar-refractivity contribution in [2.45, 2.75) is 46.1 Å². The molecule has 0 bridgehead atoms. The molecule has 0 aromatic heterocycles. The molecule has 1 aromatic carbocycles. The van der Waals surface area contributed by atoms with Crippen molar-refractivity contribution in [1.29, 1.82) is 0 Å². The van der Waals surface area contributed by atoms with Gasteiger partial charge in [0.25, 0.3) is 0 Å². The van der Waals surface area contributed by atoms with Gasteiger partial charge in [-0.15, -0.1) is 0 Å². The van der Waals surface area contributed by atoms with E-state index >= 15 is 0 Å². The molecular formula is C16H26N2O. The van der Waals surface area contributed by atoms with Gasteiger partial charge in [0.05, 0.1) is 7.11 Å². The molecule has 0 aliphatic heterocycles. The van der Waals surface area contributed by atoms with E-state index in [0.717, 1.165) is 24.2 Å². The standard InChI is InChI=1S/C16H26N2O/c1-10-8-11(2)13(14(19-4)12(10)3)15(18)16(9-17)6-5-7-16/h8,15H,5-7,9,17-18H2,1-4H3. The maximum atomic E-state index is 6.58. The molecule has 0 radical (unpaired) electrons. The number of benzene rings is 1. The van der Waals surface area contributed by atoms with Crippen molar-refractivity contribution in [3.8, 4) is 5.75 Å². The Morgan fingerprint density at radius 2 is 1.89 bits per heavy atom. The summed E-state index contributed by atoms with van der Waals surface area (Å²) in [6, 6.07) is 2.18. The number of rotatable bonds is 4. The number of methoxy groups -OCH3 is 1. The maximum absolute atomic E-state index is 6.58. The molecule has 2 rings (SSSR count). The van der Waals surface area contributed by atoms with E-state index in [2.05, 4.69) is 26.8 Å². The molecule has 106 valence electrons. The SMILES string of the molecule is COc1c(C)c(C)cc(C)c1C(N)C1(CN)CCC1.